The van der Waals surface area contributed by atoms with Crippen molar-refractivity contribution >= 4 is 22.5 Å². The Bertz CT molecular complexity index is 1330. The van der Waals surface area contributed by atoms with Gasteiger partial charge in [-0.05, 0) is 92.4 Å². The van der Waals surface area contributed by atoms with Crippen LogP contribution in [0.1, 0.15) is 44.4 Å². The molecule has 1 aliphatic heterocycles. The number of benzene rings is 3. The van der Waals surface area contributed by atoms with Crippen molar-refractivity contribution in [2.24, 2.45) is 0 Å². The third-order valence-corrected chi connectivity index (χ3v) is 6.20. The zero-order valence-corrected chi connectivity index (χ0v) is 23.3. The molecule has 3 aromatic carbocycles. The molecule has 0 saturated heterocycles. The number of hydrogen-bond acceptors (Lipinski definition) is 6. The maximum absolute atomic E-state index is 5.83. The van der Waals surface area contributed by atoms with Gasteiger partial charge in [0.05, 0.1) is 26.4 Å². The number of nitrogens with one attached hydrogen (secondary N) is 1. The first-order chi connectivity index (χ1) is 19.2. The van der Waals surface area contributed by atoms with Crippen molar-refractivity contribution in [1.82, 2.24) is 10.3 Å². The van der Waals surface area contributed by atoms with Crippen molar-refractivity contribution in [2.45, 2.75) is 34.1 Å². The predicted molar refractivity (Wildman–Crippen MR) is 159 cm³/mol. The Morgan fingerprint density at radius 3 is 2.05 bits per heavy atom. The molecular formula is C33H38N2O4. The minimum Gasteiger partial charge on any atom is -0.490 e. The Labute approximate surface area is 231 Å². The van der Waals surface area contributed by atoms with Crippen LogP contribution in [0.5, 0.6) is 23.0 Å². The van der Waals surface area contributed by atoms with Gasteiger partial charge in [-0.3, -0.25) is 4.98 Å². The summed E-state index contributed by atoms with van der Waals surface area (Å²) in [6.45, 7) is 11.2. The molecule has 6 heteroatoms. The fourth-order valence-electron chi connectivity index (χ4n) is 4.50. The molecule has 0 unspecified atom stereocenters. The average molecular weight is 527 g/mol. The minimum absolute atomic E-state index is 0.596. The van der Waals surface area contributed by atoms with Crippen molar-refractivity contribution in [2.75, 3.05) is 33.0 Å². The molecule has 1 N–H and O–H groups in total. The molecule has 4 aromatic rings. The second-order valence-corrected chi connectivity index (χ2v) is 8.85. The summed E-state index contributed by atoms with van der Waals surface area (Å²) < 4.78 is 23.1. The van der Waals surface area contributed by atoms with E-state index in [1.165, 1.54) is 16.3 Å². The van der Waals surface area contributed by atoms with E-state index in [2.05, 4.69) is 46.7 Å². The zero-order chi connectivity index (χ0) is 27.5. The highest BCUT2D eigenvalue weighted by atomic mass is 16.5. The quantitative estimate of drug-likeness (QED) is 0.250. The van der Waals surface area contributed by atoms with E-state index >= 15 is 0 Å². The number of nitrogens with zero attached hydrogens (tertiary/aromatic N) is 1. The maximum atomic E-state index is 5.83. The van der Waals surface area contributed by atoms with E-state index in [1.54, 1.807) is 0 Å². The van der Waals surface area contributed by atoms with Crippen LogP contribution in [0.4, 0.5) is 0 Å². The van der Waals surface area contributed by atoms with Gasteiger partial charge in [-0.25, -0.2) is 0 Å². The lowest BCUT2D eigenvalue weighted by molar-refractivity contribution is 0.287. The Hall–Kier alpha value is -4.19. The first-order valence-electron chi connectivity index (χ1n) is 13.7. The van der Waals surface area contributed by atoms with Crippen LogP contribution in [-0.4, -0.2) is 38.0 Å². The van der Waals surface area contributed by atoms with E-state index < -0.39 is 0 Å². The fourth-order valence-corrected chi connectivity index (χ4v) is 4.50. The SMILES string of the molecule is CCOc1ccc(C=C2NCCc3cc(OCC)c(OCC)cc32)cc1OCC.c1ccc2cnccc2c1. The lowest BCUT2D eigenvalue weighted by Gasteiger charge is -2.24. The summed E-state index contributed by atoms with van der Waals surface area (Å²) in [4.78, 5) is 4.01. The number of pyridine rings is 1. The second-order valence-electron chi connectivity index (χ2n) is 8.85. The summed E-state index contributed by atoms with van der Waals surface area (Å²) in [5, 5.41) is 5.98. The maximum Gasteiger partial charge on any atom is 0.161 e. The Morgan fingerprint density at radius 1 is 0.718 bits per heavy atom. The van der Waals surface area contributed by atoms with Crippen LogP contribution in [0.2, 0.25) is 0 Å². The van der Waals surface area contributed by atoms with Gasteiger partial charge in [0.15, 0.2) is 23.0 Å². The van der Waals surface area contributed by atoms with Crippen LogP contribution in [-0.2, 0) is 6.42 Å². The van der Waals surface area contributed by atoms with Gasteiger partial charge in [0.1, 0.15) is 0 Å². The van der Waals surface area contributed by atoms with Gasteiger partial charge in [-0.1, -0.05) is 30.3 Å². The Morgan fingerprint density at radius 2 is 1.36 bits per heavy atom. The third-order valence-electron chi connectivity index (χ3n) is 6.20. The van der Waals surface area contributed by atoms with E-state index in [9.17, 15) is 0 Å². The number of ether oxygens (including phenoxy) is 4. The van der Waals surface area contributed by atoms with E-state index in [4.69, 9.17) is 18.9 Å². The lowest BCUT2D eigenvalue weighted by Crippen LogP contribution is -2.22. The average Bonchev–Trinajstić information content (AvgIpc) is 2.96. The molecule has 0 saturated carbocycles. The predicted octanol–water partition coefficient (Wildman–Crippen LogP) is 7.16. The normalized spacial score (nSPS) is 13.1. The molecule has 2 heterocycles. The van der Waals surface area contributed by atoms with Gasteiger partial charge >= 0.3 is 0 Å². The molecule has 0 fully saturated rings. The first kappa shape index (κ1) is 27.8. The molecule has 6 nitrogen and oxygen atoms in total. The number of aromatic nitrogens is 1. The standard InChI is InChI=1S/C24H31NO4.C9H7N/c1-5-26-21-10-9-17(14-22(21)27-6-2)13-20-19-16-24(29-8-4)23(28-7-3)15-18(19)11-12-25-20;1-2-4-9-7-10-6-5-8(9)3-1/h9-10,13-16,25H,5-8,11-12H2,1-4H3;1-7H. The smallest absolute Gasteiger partial charge is 0.161 e. The van der Waals surface area contributed by atoms with Crippen molar-refractivity contribution in [3.05, 3.63) is 89.7 Å². The van der Waals surface area contributed by atoms with Crippen LogP contribution in [0.3, 0.4) is 0 Å². The van der Waals surface area contributed by atoms with E-state index in [0.29, 0.717) is 26.4 Å². The van der Waals surface area contributed by atoms with E-state index in [0.717, 1.165) is 52.8 Å². The molecule has 0 radical (unpaired) electrons. The minimum atomic E-state index is 0.596. The Kier molecular flexibility index (Phi) is 10.1. The van der Waals surface area contributed by atoms with Gasteiger partial charge in [0, 0.05) is 30.2 Å². The molecule has 0 atom stereocenters. The molecule has 0 amide bonds. The molecule has 1 aliphatic rings. The van der Waals surface area contributed by atoms with Crippen molar-refractivity contribution < 1.29 is 18.9 Å². The second kappa shape index (κ2) is 14.1. The van der Waals surface area contributed by atoms with Crippen molar-refractivity contribution in [1.29, 1.82) is 0 Å². The van der Waals surface area contributed by atoms with E-state index in [1.807, 2.05) is 70.4 Å². The summed E-state index contributed by atoms with van der Waals surface area (Å²) in [7, 11) is 0. The summed E-state index contributed by atoms with van der Waals surface area (Å²) in [6, 6.07) is 20.4. The third kappa shape index (κ3) is 7.23. The molecule has 5 rings (SSSR count). The molecule has 1 aromatic heterocycles. The molecule has 0 spiro atoms. The van der Waals surface area contributed by atoms with Crippen LogP contribution >= 0.6 is 0 Å². The molecule has 39 heavy (non-hydrogen) atoms. The molecular weight excluding hydrogens is 488 g/mol. The van der Waals surface area contributed by atoms with Gasteiger partial charge in [0.25, 0.3) is 0 Å². The summed E-state index contributed by atoms with van der Waals surface area (Å²) in [5.41, 5.74) is 4.54. The van der Waals surface area contributed by atoms with Crippen LogP contribution in [0.15, 0.2) is 73.1 Å². The summed E-state index contributed by atoms with van der Waals surface area (Å²) >= 11 is 0. The van der Waals surface area contributed by atoms with Gasteiger partial charge in [-0.15, -0.1) is 0 Å². The van der Waals surface area contributed by atoms with Crippen LogP contribution in [0.25, 0.3) is 22.5 Å². The summed E-state index contributed by atoms with van der Waals surface area (Å²) in [5.74, 6) is 3.13. The number of rotatable bonds is 9. The monoisotopic (exact) mass is 526 g/mol. The largest absolute Gasteiger partial charge is 0.490 e. The molecule has 0 bridgehead atoms. The van der Waals surface area contributed by atoms with E-state index in [-0.39, 0.29) is 0 Å². The van der Waals surface area contributed by atoms with Crippen LogP contribution < -0.4 is 24.3 Å². The van der Waals surface area contributed by atoms with Crippen molar-refractivity contribution in [3.63, 3.8) is 0 Å². The van der Waals surface area contributed by atoms with Gasteiger partial charge in [0.2, 0.25) is 0 Å². The highest BCUT2D eigenvalue weighted by molar-refractivity contribution is 5.84. The fraction of sp³-hybridized carbons (Fsp3) is 0.303. The van der Waals surface area contributed by atoms with Gasteiger partial charge in [-0.2, -0.15) is 0 Å². The number of fused-ring (bicyclic) bond motifs is 2. The first-order valence-corrected chi connectivity index (χ1v) is 13.7. The molecule has 204 valence electrons. The number of hydrogen-bond donors (Lipinski definition) is 1. The van der Waals surface area contributed by atoms with Crippen molar-refractivity contribution in [3.8, 4) is 23.0 Å². The topological polar surface area (TPSA) is 61.8 Å². The summed E-state index contributed by atoms with van der Waals surface area (Å²) in [6.07, 6.45) is 6.77. The lowest BCUT2D eigenvalue weighted by atomic mass is 9.96. The van der Waals surface area contributed by atoms with Crippen LogP contribution in [0, 0.1) is 0 Å². The zero-order valence-electron chi connectivity index (χ0n) is 23.3. The Balaban J connectivity index is 0.000000292. The molecule has 0 aliphatic carbocycles. The highest BCUT2D eigenvalue weighted by Crippen LogP contribution is 2.37. The highest BCUT2D eigenvalue weighted by Gasteiger charge is 2.19. The van der Waals surface area contributed by atoms with Gasteiger partial charge < -0.3 is 24.3 Å².